The summed E-state index contributed by atoms with van der Waals surface area (Å²) in [7, 11) is 1.85. The molecule has 0 aliphatic carbocycles. The summed E-state index contributed by atoms with van der Waals surface area (Å²) >= 11 is 1.48. The summed E-state index contributed by atoms with van der Waals surface area (Å²) in [4.78, 5) is 16.3. The van der Waals surface area contributed by atoms with Gasteiger partial charge in [-0.2, -0.15) is 5.10 Å². The number of aromatic hydroxyl groups is 1. The highest BCUT2D eigenvalue weighted by Gasteiger charge is 2.10. The maximum Gasteiger partial charge on any atom is 0.310 e. The zero-order chi connectivity index (χ0) is 16.2. The van der Waals surface area contributed by atoms with Crippen LogP contribution in [0.25, 0.3) is 10.6 Å². The van der Waals surface area contributed by atoms with E-state index >= 15 is 0 Å². The Labute approximate surface area is 137 Å². The minimum atomic E-state index is -0.355. The highest BCUT2D eigenvalue weighted by molar-refractivity contribution is 7.13. The molecule has 0 aliphatic heterocycles. The molecule has 1 N–H and O–H groups in total. The van der Waals surface area contributed by atoms with E-state index in [0.717, 1.165) is 10.6 Å². The van der Waals surface area contributed by atoms with Crippen molar-refractivity contribution in [3.05, 3.63) is 53.3 Å². The van der Waals surface area contributed by atoms with Crippen LogP contribution < -0.4 is 0 Å². The summed E-state index contributed by atoms with van der Waals surface area (Å²) in [5.74, 6) is -0.220. The van der Waals surface area contributed by atoms with Crippen LogP contribution in [0.15, 0.2) is 42.0 Å². The number of rotatable bonds is 5. The molecule has 0 spiro atoms. The number of esters is 1. The summed E-state index contributed by atoms with van der Waals surface area (Å²) in [6, 6.07) is 6.57. The Morgan fingerprint density at radius 3 is 3.04 bits per heavy atom. The molecule has 0 radical (unpaired) electrons. The summed E-state index contributed by atoms with van der Waals surface area (Å²) in [5, 5.41) is 16.2. The van der Waals surface area contributed by atoms with Gasteiger partial charge in [-0.15, -0.1) is 11.3 Å². The van der Waals surface area contributed by atoms with Crippen LogP contribution in [0.1, 0.15) is 11.3 Å². The number of thiazole rings is 1. The third kappa shape index (κ3) is 3.95. The molecule has 0 aliphatic rings. The summed E-state index contributed by atoms with van der Waals surface area (Å²) < 4.78 is 6.94. The number of aromatic nitrogens is 3. The molecule has 6 nitrogen and oxygen atoms in total. The Balaban J connectivity index is 1.56. The van der Waals surface area contributed by atoms with Gasteiger partial charge < -0.3 is 9.84 Å². The Kier molecular flexibility index (Phi) is 4.38. The molecule has 0 fully saturated rings. The SMILES string of the molecule is Cn1cc(-c2nc(COC(=O)Cc3cccc(O)c3)cs2)cn1. The van der Waals surface area contributed by atoms with Crippen molar-refractivity contribution in [3.63, 3.8) is 0 Å². The fraction of sp³-hybridized carbons (Fsp3) is 0.188. The average Bonchev–Trinajstić information content (AvgIpc) is 3.14. The van der Waals surface area contributed by atoms with Gasteiger partial charge in [0, 0.05) is 24.2 Å². The van der Waals surface area contributed by atoms with Gasteiger partial charge in [0.15, 0.2) is 0 Å². The first-order valence-corrected chi connectivity index (χ1v) is 7.85. The van der Waals surface area contributed by atoms with Crippen molar-refractivity contribution in [3.8, 4) is 16.3 Å². The minimum absolute atomic E-state index is 0.119. The topological polar surface area (TPSA) is 77.2 Å². The van der Waals surface area contributed by atoms with Gasteiger partial charge in [-0.05, 0) is 17.7 Å². The van der Waals surface area contributed by atoms with Crippen molar-refractivity contribution in [2.75, 3.05) is 0 Å². The number of phenols is 1. The Morgan fingerprint density at radius 1 is 1.43 bits per heavy atom. The number of aryl methyl sites for hydroxylation is 1. The monoisotopic (exact) mass is 329 g/mol. The highest BCUT2D eigenvalue weighted by atomic mass is 32.1. The fourth-order valence-corrected chi connectivity index (χ4v) is 2.86. The lowest BCUT2D eigenvalue weighted by Gasteiger charge is -2.03. The van der Waals surface area contributed by atoms with Crippen molar-refractivity contribution in [2.24, 2.45) is 7.05 Å². The number of hydrogen-bond donors (Lipinski definition) is 1. The Bertz CT molecular complexity index is 825. The second-order valence-electron chi connectivity index (χ2n) is 5.05. The maximum absolute atomic E-state index is 11.8. The molecule has 0 amide bonds. The molecular weight excluding hydrogens is 314 g/mol. The molecule has 23 heavy (non-hydrogen) atoms. The van der Waals surface area contributed by atoms with E-state index in [2.05, 4.69) is 10.1 Å². The predicted octanol–water partition coefficient (Wildman–Crippen LogP) is 2.54. The molecular formula is C16H15N3O3S. The molecule has 3 aromatic rings. The lowest BCUT2D eigenvalue weighted by Crippen LogP contribution is -2.08. The standard InChI is InChI=1S/C16H15N3O3S/c1-19-8-12(7-17-19)16-18-13(10-23-16)9-22-15(21)6-11-3-2-4-14(20)5-11/h2-5,7-8,10,20H,6,9H2,1H3. The van der Waals surface area contributed by atoms with Gasteiger partial charge in [0.2, 0.25) is 0 Å². The van der Waals surface area contributed by atoms with Crippen LogP contribution in [-0.4, -0.2) is 25.8 Å². The second-order valence-corrected chi connectivity index (χ2v) is 5.91. The van der Waals surface area contributed by atoms with Crippen molar-refractivity contribution in [2.45, 2.75) is 13.0 Å². The van der Waals surface area contributed by atoms with E-state index in [1.165, 1.54) is 11.3 Å². The third-order valence-electron chi connectivity index (χ3n) is 3.14. The minimum Gasteiger partial charge on any atom is -0.508 e. The van der Waals surface area contributed by atoms with Crippen molar-refractivity contribution < 1.29 is 14.6 Å². The van der Waals surface area contributed by atoms with Crippen molar-refractivity contribution >= 4 is 17.3 Å². The molecule has 0 saturated carbocycles. The van der Waals surface area contributed by atoms with E-state index in [1.54, 1.807) is 35.1 Å². The smallest absolute Gasteiger partial charge is 0.310 e. The van der Waals surface area contributed by atoms with Crippen LogP contribution in [0.5, 0.6) is 5.75 Å². The summed E-state index contributed by atoms with van der Waals surface area (Å²) in [6.07, 6.45) is 3.75. The van der Waals surface area contributed by atoms with E-state index in [1.807, 2.05) is 18.6 Å². The van der Waals surface area contributed by atoms with E-state index in [9.17, 15) is 9.90 Å². The van der Waals surface area contributed by atoms with E-state index in [4.69, 9.17) is 4.74 Å². The van der Waals surface area contributed by atoms with Gasteiger partial charge in [0.05, 0.1) is 18.3 Å². The van der Waals surface area contributed by atoms with Crippen LogP contribution in [0.3, 0.4) is 0 Å². The Hall–Kier alpha value is -2.67. The van der Waals surface area contributed by atoms with E-state index in [0.29, 0.717) is 11.3 Å². The van der Waals surface area contributed by atoms with Gasteiger partial charge in [-0.3, -0.25) is 9.48 Å². The second kappa shape index (κ2) is 6.62. The average molecular weight is 329 g/mol. The van der Waals surface area contributed by atoms with Crippen molar-refractivity contribution in [1.29, 1.82) is 0 Å². The predicted molar refractivity (Wildman–Crippen MR) is 85.9 cm³/mol. The largest absolute Gasteiger partial charge is 0.508 e. The summed E-state index contributed by atoms with van der Waals surface area (Å²) in [5.41, 5.74) is 2.36. The molecule has 0 bridgehead atoms. The molecule has 0 unspecified atom stereocenters. The van der Waals surface area contributed by atoms with Crippen LogP contribution in [0, 0.1) is 0 Å². The number of phenolic OH excluding ortho intramolecular Hbond substituents is 1. The fourth-order valence-electron chi connectivity index (χ4n) is 2.08. The molecule has 118 valence electrons. The molecule has 0 atom stereocenters. The first kappa shape index (κ1) is 15.2. The van der Waals surface area contributed by atoms with Gasteiger partial charge in [0.25, 0.3) is 0 Å². The van der Waals surface area contributed by atoms with E-state index < -0.39 is 0 Å². The number of hydrogen-bond acceptors (Lipinski definition) is 6. The number of carbonyl (C=O) groups excluding carboxylic acids is 1. The molecule has 2 heterocycles. The third-order valence-corrected chi connectivity index (χ3v) is 4.08. The van der Waals surface area contributed by atoms with Crippen LogP contribution in [0.4, 0.5) is 0 Å². The van der Waals surface area contributed by atoms with Gasteiger partial charge >= 0.3 is 5.97 Å². The van der Waals surface area contributed by atoms with Crippen LogP contribution in [0.2, 0.25) is 0 Å². The number of nitrogens with zero attached hydrogens (tertiary/aromatic N) is 3. The first-order valence-electron chi connectivity index (χ1n) is 6.97. The van der Waals surface area contributed by atoms with Gasteiger partial charge in [-0.1, -0.05) is 12.1 Å². The molecule has 7 heteroatoms. The van der Waals surface area contributed by atoms with Crippen molar-refractivity contribution in [1.82, 2.24) is 14.8 Å². The molecule has 2 aromatic heterocycles. The molecule has 3 rings (SSSR count). The number of benzene rings is 1. The summed E-state index contributed by atoms with van der Waals surface area (Å²) in [6.45, 7) is 0.133. The normalized spacial score (nSPS) is 10.7. The lowest BCUT2D eigenvalue weighted by atomic mass is 10.1. The number of ether oxygens (including phenoxy) is 1. The van der Waals surface area contributed by atoms with Gasteiger partial charge in [0.1, 0.15) is 17.4 Å². The van der Waals surface area contributed by atoms with Crippen LogP contribution >= 0.6 is 11.3 Å². The van der Waals surface area contributed by atoms with Crippen LogP contribution in [-0.2, 0) is 29.6 Å². The zero-order valence-corrected chi connectivity index (χ0v) is 13.3. The number of carbonyl (C=O) groups is 1. The lowest BCUT2D eigenvalue weighted by molar-refractivity contribution is -0.144. The zero-order valence-electron chi connectivity index (χ0n) is 12.5. The highest BCUT2D eigenvalue weighted by Crippen LogP contribution is 2.23. The molecule has 0 saturated heterocycles. The van der Waals surface area contributed by atoms with Gasteiger partial charge in [-0.25, -0.2) is 4.98 Å². The molecule has 1 aromatic carbocycles. The first-order chi connectivity index (χ1) is 11.1. The van der Waals surface area contributed by atoms with E-state index in [-0.39, 0.29) is 24.7 Å². The maximum atomic E-state index is 11.8. The quantitative estimate of drug-likeness (QED) is 0.728. The Morgan fingerprint density at radius 2 is 2.30 bits per heavy atom.